The Balaban J connectivity index is 1.72. The van der Waals surface area contributed by atoms with Gasteiger partial charge in [-0.05, 0) is 24.3 Å². The lowest BCUT2D eigenvalue weighted by atomic mass is 9.96. The van der Waals surface area contributed by atoms with Gasteiger partial charge in [0.05, 0.1) is 13.5 Å². The molecule has 6 nitrogen and oxygen atoms in total. The van der Waals surface area contributed by atoms with Crippen molar-refractivity contribution in [1.82, 2.24) is 4.90 Å². The number of carbonyl (C=O) groups excluding carboxylic acids is 1. The predicted molar refractivity (Wildman–Crippen MR) is 70.8 cm³/mol. The minimum absolute atomic E-state index is 0.0356. The van der Waals surface area contributed by atoms with Gasteiger partial charge in [0.15, 0.2) is 6.61 Å². The van der Waals surface area contributed by atoms with E-state index < -0.39 is 5.97 Å². The molecular formula is C14H17NO5. The molecule has 1 saturated heterocycles. The van der Waals surface area contributed by atoms with Crippen molar-refractivity contribution in [1.29, 1.82) is 0 Å². The van der Waals surface area contributed by atoms with E-state index in [1.807, 2.05) is 0 Å². The van der Waals surface area contributed by atoms with Crippen LogP contribution >= 0.6 is 0 Å². The second-order valence-corrected chi connectivity index (χ2v) is 4.73. The molecule has 2 rings (SSSR count). The first-order valence-electron chi connectivity index (χ1n) is 6.35. The molecule has 1 fully saturated rings. The van der Waals surface area contributed by atoms with E-state index >= 15 is 0 Å². The number of methoxy groups -OCH3 is 1. The highest BCUT2D eigenvalue weighted by molar-refractivity contribution is 5.79. The van der Waals surface area contributed by atoms with Gasteiger partial charge in [0.25, 0.3) is 5.91 Å². The Hall–Kier alpha value is -2.24. The maximum Gasteiger partial charge on any atom is 0.303 e. The second kappa shape index (κ2) is 6.27. The van der Waals surface area contributed by atoms with Crippen molar-refractivity contribution in [3.05, 3.63) is 24.3 Å². The number of carboxylic acids is 1. The van der Waals surface area contributed by atoms with Crippen molar-refractivity contribution in [2.45, 2.75) is 6.42 Å². The third kappa shape index (κ3) is 3.63. The van der Waals surface area contributed by atoms with Crippen LogP contribution in [0.5, 0.6) is 11.5 Å². The van der Waals surface area contributed by atoms with Gasteiger partial charge in [-0.1, -0.05) is 0 Å². The summed E-state index contributed by atoms with van der Waals surface area (Å²) in [4.78, 5) is 23.9. The van der Waals surface area contributed by atoms with Crippen LogP contribution in [0, 0.1) is 5.92 Å². The van der Waals surface area contributed by atoms with Crippen molar-refractivity contribution in [2.75, 3.05) is 26.8 Å². The van der Waals surface area contributed by atoms with Gasteiger partial charge in [-0.3, -0.25) is 9.59 Å². The summed E-state index contributed by atoms with van der Waals surface area (Å²) in [5.74, 6) is 0.446. The molecule has 1 N–H and O–H groups in total. The van der Waals surface area contributed by atoms with Gasteiger partial charge in [0, 0.05) is 19.0 Å². The number of nitrogens with zero attached hydrogens (tertiary/aromatic N) is 1. The van der Waals surface area contributed by atoms with E-state index in [0.29, 0.717) is 18.8 Å². The van der Waals surface area contributed by atoms with Crippen LogP contribution in [0.2, 0.25) is 0 Å². The average molecular weight is 279 g/mol. The number of aliphatic carboxylic acids is 1. The van der Waals surface area contributed by atoms with Crippen LogP contribution in [0.3, 0.4) is 0 Å². The molecule has 0 spiro atoms. The van der Waals surface area contributed by atoms with Crippen molar-refractivity contribution >= 4 is 11.9 Å². The predicted octanol–water partition coefficient (Wildman–Crippen LogP) is 1.01. The fraction of sp³-hybridized carbons (Fsp3) is 0.429. The summed E-state index contributed by atoms with van der Waals surface area (Å²) in [6.45, 7) is 0.959. The van der Waals surface area contributed by atoms with Crippen molar-refractivity contribution in [3.63, 3.8) is 0 Å². The second-order valence-electron chi connectivity index (χ2n) is 4.73. The first-order valence-corrected chi connectivity index (χ1v) is 6.35. The van der Waals surface area contributed by atoms with E-state index in [2.05, 4.69) is 0 Å². The molecule has 0 aliphatic carbocycles. The molecule has 6 heteroatoms. The van der Waals surface area contributed by atoms with E-state index in [1.165, 1.54) is 0 Å². The average Bonchev–Trinajstić information content (AvgIpc) is 2.40. The molecule has 0 bridgehead atoms. The number of benzene rings is 1. The quantitative estimate of drug-likeness (QED) is 0.841. The lowest BCUT2D eigenvalue weighted by Crippen LogP contribution is -2.52. The summed E-state index contributed by atoms with van der Waals surface area (Å²) in [5, 5.41) is 8.63. The Morgan fingerprint density at radius 3 is 2.40 bits per heavy atom. The zero-order valence-corrected chi connectivity index (χ0v) is 11.2. The fourth-order valence-corrected chi connectivity index (χ4v) is 2.06. The molecule has 1 aliphatic rings. The number of likely N-dealkylation sites (tertiary alicyclic amines) is 1. The minimum Gasteiger partial charge on any atom is -0.497 e. The van der Waals surface area contributed by atoms with Crippen LogP contribution < -0.4 is 9.47 Å². The maximum atomic E-state index is 11.8. The Morgan fingerprint density at radius 2 is 1.85 bits per heavy atom. The van der Waals surface area contributed by atoms with E-state index in [4.69, 9.17) is 14.6 Å². The van der Waals surface area contributed by atoms with Crippen molar-refractivity contribution in [3.8, 4) is 11.5 Å². The first kappa shape index (κ1) is 14.2. The monoisotopic (exact) mass is 279 g/mol. The normalized spacial score (nSPS) is 14.6. The smallest absolute Gasteiger partial charge is 0.303 e. The Kier molecular flexibility index (Phi) is 4.45. The van der Waals surface area contributed by atoms with Crippen molar-refractivity contribution < 1.29 is 24.2 Å². The van der Waals surface area contributed by atoms with Crippen molar-refractivity contribution in [2.24, 2.45) is 5.92 Å². The number of amides is 1. The number of carboxylic acid groups (broad SMARTS) is 1. The summed E-state index contributed by atoms with van der Waals surface area (Å²) in [6.07, 6.45) is 0.114. The first-order chi connectivity index (χ1) is 9.58. The van der Waals surface area contributed by atoms with Crippen LogP contribution in [0.15, 0.2) is 24.3 Å². The topological polar surface area (TPSA) is 76.1 Å². The van der Waals surface area contributed by atoms with Gasteiger partial charge in [0.2, 0.25) is 0 Å². The van der Waals surface area contributed by atoms with Crippen LogP contribution in [0.4, 0.5) is 0 Å². The number of hydrogen-bond donors (Lipinski definition) is 1. The van der Waals surface area contributed by atoms with Crippen LogP contribution in [0.25, 0.3) is 0 Å². The highest BCUT2D eigenvalue weighted by Gasteiger charge is 2.31. The molecule has 0 aromatic heterocycles. The molecule has 0 unspecified atom stereocenters. The SMILES string of the molecule is COc1ccc(OCC(=O)N2CC(CC(=O)O)C2)cc1. The molecule has 0 atom stereocenters. The lowest BCUT2D eigenvalue weighted by molar-refractivity contribution is -0.146. The number of hydrogen-bond acceptors (Lipinski definition) is 4. The maximum absolute atomic E-state index is 11.8. The molecule has 108 valence electrons. The Labute approximate surface area is 116 Å². The van der Waals surface area contributed by atoms with E-state index in [9.17, 15) is 9.59 Å². The summed E-state index contributed by atoms with van der Waals surface area (Å²) in [6, 6.07) is 6.98. The van der Waals surface area contributed by atoms with Crippen LogP contribution in [-0.4, -0.2) is 48.7 Å². The molecule has 1 heterocycles. The van der Waals surface area contributed by atoms with Crippen LogP contribution in [0.1, 0.15) is 6.42 Å². The molecule has 1 aromatic rings. The highest BCUT2D eigenvalue weighted by atomic mass is 16.5. The number of carbonyl (C=O) groups is 2. The van der Waals surface area contributed by atoms with Gasteiger partial charge < -0.3 is 19.5 Å². The summed E-state index contributed by atoms with van der Waals surface area (Å²) < 4.78 is 10.4. The molecule has 1 amide bonds. The Bertz CT molecular complexity index is 479. The summed E-state index contributed by atoms with van der Waals surface area (Å²) >= 11 is 0. The van der Waals surface area contributed by atoms with Gasteiger partial charge >= 0.3 is 5.97 Å². The van der Waals surface area contributed by atoms with Gasteiger partial charge in [-0.15, -0.1) is 0 Å². The van der Waals surface area contributed by atoms with E-state index in [-0.39, 0.29) is 24.9 Å². The van der Waals surface area contributed by atoms with Gasteiger partial charge in [0.1, 0.15) is 11.5 Å². The number of ether oxygens (including phenoxy) is 2. The molecule has 1 aliphatic heterocycles. The molecular weight excluding hydrogens is 262 g/mol. The third-order valence-electron chi connectivity index (χ3n) is 3.19. The zero-order valence-electron chi connectivity index (χ0n) is 11.2. The summed E-state index contributed by atoms with van der Waals surface area (Å²) in [7, 11) is 1.58. The minimum atomic E-state index is -0.823. The summed E-state index contributed by atoms with van der Waals surface area (Å²) in [5.41, 5.74) is 0. The van der Waals surface area contributed by atoms with E-state index in [0.717, 1.165) is 5.75 Å². The molecule has 0 saturated carbocycles. The molecule has 0 radical (unpaired) electrons. The third-order valence-corrected chi connectivity index (χ3v) is 3.19. The van der Waals surface area contributed by atoms with E-state index in [1.54, 1.807) is 36.3 Å². The number of rotatable bonds is 6. The zero-order chi connectivity index (χ0) is 14.5. The molecule has 20 heavy (non-hydrogen) atoms. The van der Waals surface area contributed by atoms with Gasteiger partial charge in [-0.2, -0.15) is 0 Å². The fourth-order valence-electron chi connectivity index (χ4n) is 2.06. The van der Waals surface area contributed by atoms with Gasteiger partial charge in [-0.25, -0.2) is 0 Å². The standard InChI is InChI=1S/C14H17NO5/c1-19-11-2-4-12(5-3-11)20-9-13(16)15-7-10(8-15)6-14(17)18/h2-5,10H,6-9H2,1H3,(H,17,18). The lowest BCUT2D eigenvalue weighted by Gasteiger charge is -2.38. The highest BCUT2D eigenvalue weighted by Crippen LogP contribution is 2.20. The molecule has 1 aromatic carbocycles. The van der Waals surface area contributed by atoms with Crippen LogP contribution in [-0.2, 0) is 9.59 Å². The largest absolute Gasteiger partial charge is 0.497 e. The Morgan fingerprint density at radius 1 is 1.25 bits per heavy atom.